The summed E-state index contributed by atoms with van der Waals surface area (Å²) >= 11 is 0. The molecular weight excluding hydrogens is 270 g/mol. The third-order valence-electron chi connectivity index (χ3n) is 3.98. The molecule has 0 saturated heterocycles. The van der Waals surface area contributed by atoms with E-state index in [2.05, 4.69) is 20.9 Å². The van der Waals surface area contributed by atoms with Crippen LogP contribution in [0, 0.1) is 5.92 Å². The van der Waals surface area contributed by atoms with Gasteiger partial charge in [0.05, 0.1) is 12.6 Å². The first-order valence-corrected chi connectivity index (χ1v) is 7.53. The van der Waals surface area contributed by atoms with E-state index >= 15 is 0 Å². The van der Waals surface area contributed by atoms with E-state index in [-0.39, 0.29) is 35.3 Å². The second kappa shape index (κ2) is 6.24. The standard InChI is InChI=1S/C14H23N5O2/c1-5-9(6-2)15-13(20)11-12-14(21)16-10(8(3)4)7-19(12)18-17-11/h8-10H,5-7H2,1-4H3,(H,15,20)(H,16,21)/t10-/m1/s1. The molecule has 7 nitrogen and oxygen atoms in total. The Labute approximate surface area is 124 Å². The molecule has 0 bridgehead atoms. The van der Waals surface area contributed by atoms with Crippen molar-refractivity contribution < 1.29 is 9.59 Å². The van der Waals surface area contributed by atoms with Crippen LogP contribution in [0.15, 0.2) is 0 Å². The number of hydrogen-bond acceptors (Lipinski definition) is 4. The second-order valence-electron chi connectivity index (χ2n) is 5.78. The van der Waals surface area contributed by atoms with Gasteiger partial charge in [0.2, 0.25) is 0 Å². The zero-order valence-corrected chi connectivity index (χ0v) is 13.0. The maximum absolute atomic E-state index is 12.3. The van der Waals surface area contributed by atoms with Gasteiger partial charge in [0.1, 0.15) is 0 Å². The van der Waals surface area contributed by atoms with Crippen LogP contribution in [0.25, 0.3) is 0 Å². The van der Waals surface area contributed by atoms with Crippen LogP contribution in [-0.2, 0) is 6.54 Å². The minimum Gasteiger partial charge on any atom is -0.348 e. The van der Waals surface area contributed by atoms with E-state index in [0.29, 0.717) is 12.5 Å². The highest BCUT2D eigenvalue weighted by Crippen LogP contribution is 2.16. The molecule has 2 N–H and O–H groups in total. The van der Waals surface area contributed by atoms with Crippen molar-refractivity contribution in [2.24, 2.45) is 5.92 Å². The third-order valence-corrected chi connectivity index (χ3v) is 3.98. The van der Waals surface area contributed by atoms with Crippen LogP contribution < -0.4 is 10.6 Å². The van der Waals surface area contributed by atoms with Crippen LogP contribution in [-0.4, -0.2) is 38.9 Å². The molecule has 116 valence electrons. The molecule has 1 aliphatic heterocycles. The van der Waals surface area contributed by atoms with E-state index in [1.165, 1.54) is 4.68 Å². The van der Waals surface area contributed by atoms with Crippen molar-refractivity contribution >= 4 is 11.8 Å². The molecule has 7 heteroatoms. The Morgan fingerprint density at radius 2 is 2.10 bits per heavy atom. The van der Waals surface area contributed by atoms with Crippen LogP contribution in [0.3, 0.4) is 0 Å². The quantitative estimate of drug-likeness (QED) is 0.846. The van der Waals surface area contributed by atoms with Crippen molar-refractivity contribution in [3.8, 4) is 0 Å². The lowest BCUT2D eigenvalue weighted by Crippen LogP contribution is -2.48. The summed E-state index contributed by atoms with van der Waals surface area (Å²) in [6.45, 7) is 8.63. The summed E-state index contributed by atoms with van der Waals surface area (Å²) in [5, 5.41) is 13.7. The van der Waals surface area contributed by atoms with Crippen molar-refractivity contribution in [3.63, 3.8) is 0 Å². The van der Waals surface area contributed by atoms with E-state index in [9.17, 15) is 9.59 Å². The van der Waals surface area contributed by atoms with Gasteiger partial charge in [-0.05, 0) is 18.8 Å². The predicted molar refractivity (Wildman–Crippen MR) is 78.0 cm³/mol. The number of fused-ring (bicyclic) bond motifs is 1. The molecule has 0 saturated carbocycles. The lowest BCUT2D eigenvalue weighted by atomic mass is 10.0. The molecule has 0 aromatic carbocycles. The van der Waals surface area contributed by atoms with Crippen LogP contribution >= 0.6 is 0 Å². The normalized spacial score (nSPS) is 17.8. The molecule has 0 fully saturated rings. The van der Waals surface area contributed by atoms with Crippen LogP contribution in [0.4, 0.5) is 0 Å². The van der Waals surface area contributed by atoms with E-state index in [4.69, 9.17) is 0 Å². The summed E-state index contributed by atoms with van der Waals surface area (Å²) in [4.78, 5) is 24.5. The minimum atomic E-state index is -0.330. The van der Waals surface area contributed by atoms with Crippen molar-refractivity contribution in [2.45, 2.75) is 59.2 Å². The van der Waals surface area contributed by atoms with Gasteiger partial charge in [0, 0.05) is 6.04 Å². The highest BCUT2D eigenvalue weighted by atomic mass is 16.2. The van der Waals surface area contributed by atoms with Crippen molar-refractivity contribution in [1.29, 1.82) is 0 Å². The van der Waals surface area contributed by atoms with Gasteiger partial charge in [0.25, 0.3) is 11.8 Å². The first-order valence-electron chi connectivity index (χ1n) is 7.53. The van der Waals surface area contributed by atoms with Crippen LogP contribution in [0.1, 0.15) is 61.5 Å². The smallest absolute Gasteiger partial charge is 0.274 e. The Bertz CT molecular complexity index is 533. The fourth-order valence-corrected chi connectivity index (χ4v) is 2.41. The molecule has 2 amide bonds. The molecule has 1 aromatic rings. The fraction of sp³-hybridized carbons (Fsp3) is 0.714. The predicted octanol–water partition coefficient (Wildman–Crippen LogP) is 0.964. The topological polar surface area (TPSA) is 88.9 Å². The SMILES string of the molecule is CCC(CC)NC(=O)c1nnn2c1C(=O)N[C@@H](C(C)C)C2. The molecule has 1 atom stereocenters. The Balaban J connectivity index is 2.22. The molecular formula is C14H23N5O2. The number of nitrogens with zero attached hydrogens (tertiary/aromatic N) is 3. The van der Waals surface area contributed by atoms with E-state index in [1.807, 2.05) is 27.7 Å². The second-order valence-corrected chi connectivity index (χ2v) is 5.78. The first-order chi connectivity index (χ1) is 9.97. The van der Waals surface area contributed by atoms with Gasteiger partial charge >= 0.3 is 0 Å². The summed E-state index contributed by atoms with van der Waals surface area (Å²) in [6, 6.07) is 0.103. The van der Waals surface area contributed by atoms with Crippen molar-refractivity contribution in [2.75, 3.05) is 0 Å². The first kappa shape index (κ1) is 15.5. The van der Waals surface area contributed by atoms with Gasteiger partial charge in [-0.15, -0.1) is 5.10 Å². The molecule has 0 unspecified atom stereocenters. The summed E-state index contributed by atoms with van der Waals surface area (Å²) in [7, 11) is 0. The molecule has 2 heterocycles. The van der Waals surface area contributed by atoms with Crippen LogP contribution in [0.2, 0.25) is 0 Å². The average molecular weight is 293 g/mol. The largest absolute Gasteiger partial charge is 0.348 e. The number of carbonyl (C=O) groups excluding carboxylic acids is 2. The molecule has 0 aliphatic carbocycles. The zero-order valence-electron chi connectivity index (χ0n) is 13.0. The summed E-state index contributed by atoms with van der Waals surface area (Å²) < 4.78 is 1.53. The van der Waals surface area contributed by atoms with Crippen LogP contribution in [0.5, 0.6) is 0 Å². The molecule has 1 aliphatic rings. The van der Waals surface area contributed by atoms with E-state index < -0.39 is 0 Å². The van der Waals surface area contributed by atoms with Gasteiger partial charge in [-0.2, -0.15) is 0 Å². The third kappa shape index (κ3) is 3.06. The molecule has 1 aromatic heterocycles. The van der Waals surface area contributed by atoms with Gasteiger partial charge < -0.3 is 10.6 Å². The molecule has 21 heavy (non-hydrogen) atoms. The molecule has 2 rings (SSSR count). The summed E-state index contributed by atoms with van der Waals surface area (Å²) in [5.41, 5.74) is 0.372. The highest BCUT2D eigenvalue weighted by molar-refractivity contribution is 6.05. The monoisotopic (exact) mass is 293 g/mol. The van der Waals surface area contributed by atoms with Crippen molar-refractivity contribution in [1.82, 2.24) is 25.6 Å². The number of carbonyl (C=O) groups is 2. The Morgan fingerprint density at radius 1 is 1.43 bits per heavy atom. The van der Waals surface area contributed by atoms with E-state index in [0.717, 1.165) is 12.8 Å². The Hall–Kier alpha value is -1.92. The van der Waals surface area contributed by atoms with Gasteiger partial charge in [-0.1, -0.05) is 32.9 Å². The number of rotatable bonds is 5. The highest BCUT2D eigenvalue weighted by Gasteiger charge is 2.33. The zero-order chi connectivity index (χ0) is 15.6. The molecule has 0 radical (unpaired) electrons. The number of aromatic nitrogens is 3. The summed E-state index contributed by atoms with van der Waals surface area (Å²) in [6.07, 6.45) is 1.68. The minimum absolute atomic E-state index is 0.0154. The lowest BCUT2D eigenvalue weighted by Gasteiger charge is -2.27. The Kier molecular flexibility index (Phi) is 4.59. The Morgan fingerprint density at radius 3 is 2.67 bits per heavy atom. The maximum atomic E-state index is 12.3. The van der Waals surface area contributed by atoms with Gasteiger partial charge in [-0.3, -0.25) is 9.59 Å². The average Bonchev–Trinajstić information content (AvgIpc) is 2.88. The molecule has 0 spiro atoms. The maximum Gasteiger partial charge on any atom is 0.274 e. The fourth-order valence-electron chi connectivity index (χ4n) is 2.41. The summed E-state index contributed by atoms with van der Waals surface area (Å²) in [5.74, 6) is -0.309. The number of hydrogen-bond donors (Lipinski definition) is 2. The number of nitrogens with one attached hydrogen (secondary N) is 2. The van der Waals surface area contributed by atoms with Crippen molar-refractivity contribution in [3.05, 3.63) is 11.4 Å². The van der Waals surface area contributed by atoms with Gasteiger partial charge in [-0.25, -0.2) is 4.68 Å². The van der Waals surface area contributed by atoms with Gasteiger partial charge in [0.15, 0.2) is 11.4 Å². The number of amides is 2. The van der Waals surface area contributed by atoms with E-state index in [1.54, 1.807) is 0 Å². The lowest BCUT2D eigenvalue weighted by molar-refractivity contribution is 0.0858.